The molecule has 0 bridgehead atoms. The van der Waals surface area contributed by atoms with Crippen LogP contribution >= 0.6 is 0 Å². The lowest BCUT2D eigenvalue weighted by Crippen LogP contribution is -2.41. The summed E-state index contributed by atoms with van der Waals surface area (Å²) in [5.74, 6) is 5.62. The van der Waals surface area contributed by atoms with Gasteiger partial charge in [0.05, 0.1) is 59.7 Å². The second-order valence-corrected chi connectivity index (χ2v) is 27.5. The molecule has 15 rings (SSSR count). The molecule has 6 aromatic carbocycles. The molecule has 0 radical (unpaired) electrons. The van der Waals surface area contributed by atoms with E-state index >= 15 is 0 Å². The van der Waals surface area contributed by atoms with Gasteiger partial charge in [0, 0.05) is 36.3 Å². The van der Waals surface area contributed by atoms with Crippen LogP contribution in [-0.2, 0) is 27.4 Å². The fourth-order valence-electron chi connectivity index (χ4n) is 12.7. The van der Waals surface area contributed by atoms with Crippen LogP contribution in [0.5, 0.6) is 34.5 Å². The van der Waals surface area contributed by atoms with Crippen LogP contribution in [0.2, 0.25) is 0 Å². The van der Waals surface area contributed by atoms with E-state index in [-0.39, 0.29) is 42.8 Å². The summed E-state index contributed by atoms with van der Waals surface area (Å²) in [4.78, 5) is 67.3. The van der Waals surface area contributed by atoms with Crippen molar-refractivity contribution in [2.24, 2.45) is 0 Å². The summed E-state index contributed by atoms with van der Waals surface area (Å²) in [5, 5.41) is 28.0. The Morgan fingerprint density at radius 3 is 1.25 bits per heavy atom. The van der Waals surface area contributed by atoms with Crippen LogP contribution in [0.25, 0.3) is 66.9 Å². The number of H-pyrrole nitrogens is 1. The number of aromatic nitrogens is 12. The van der Waals surface area contributed by atoms with Gasteiger partial charge in [-0.1, -0.05) is 61.2 Å². The molecule has 3 fully saturated rings. The van der Waals surface area contributed by atoms with Crippen molar-refractivity contribution in [3.05, 3.63) is 195 Å². The number of benzene rings is 6. The SMILES string of the molecule is C=CC(=O)N1CCCC1Cn1nc(-c2ccc(Oc3ccccc3)cc2)c2c(N)ncnc21.CC(C)(C)OC(=O)N1CCCC1CO.CC(C)(C)OC(=O)N1CCCC1Cn1nc(-c2ccc(Oc3ccccc3)cc2)c2c(N)ncnc21.Nc1ncnc2n[nH]c(-c3ccc(Oc4ccccc4)cc3)c12. The topological polar surface area (TPSA) is 347 Å². The van der Waals surface area contributed by atoms with E-state index in [0.29, 0.717) is 82.7 Å². The Morgan fingerprint density at radius 1 is 0.481 bits per heavy atom. The number of carbonyl (C=O) groups excluding carboxylic acids is 3. The molecule has 0 saturated carbocycles. The van der Waals surface area contributed by atoms with E-state index < -0.39 is 11.2 Å². The Labute approximate surface area is 613 Å². The summed E-state index contributed by atoms with van der Waals surface area (Å²) >= 11 is 0. The fraction of sp³-hybridized carbons (Fsp3) is 0.291. The van der Waals surface area contributed by atoms with E-state index in [1.54, 1.807) is 9.80 Å². The number of hydrogen-bond acceptors (Lipinski definition) is 21. The van der Waals surface area contributed by atoms with Crippen molar-refractivity contribution in [1.29, 1.82) is 0 Å². The number of fused-ring (bicyclic) bond motifs is 3. The number of nitrogens with zero attached hydrogens (tertiary/aromatic N) is 14. The van der Waals surface area contributed by atoms with Crippen molar-refractivity contribution in [3.8, 4) is 68.3 Å². The minimum Gasteiger partial charge on any atom is -0.457 e. The minimum atomic E-state index is -0.548. The quantitative estimate of drug-likeness (QED) is 0.0595. The minimum absolute atomic E-state index is 0.0270. The number of carbonyl (C=O) groups is 3. The molecule has 3 aliphatic heterocycles. The van der Waals surface area contributed by atoms with E-state index in [4.69, 9.17) is 56.2 Å². The number of aliphatic hydroxyl groups excluding tert-OH is 1. The second kappa shape index (κ2) is 32.9. The molecule has 3 atom stereocenters. The number of hydrogen-bond donors (Lipinski definition) is 5. The first-order valence-electron chi connectivity index (χ1n) is 35.1. The number of para-hydroxylation sites is 3. The second-order valence-electron chi connectivity index (χ2n) is 27.5. The monoisotopic (exact) mass is 1430 g/mol. The molecule has 3 unspecified atom stereocenters. The fourth-order valence-corrected chi connectivity index (χ4v) is 12.7. The van der Waals surface area contributed by atoms with Crippen LogP contribution in [0.15, 0.2) is 195 Å². The number of likely N-dealkylation sites (tertiary alicyclic amines) is 3. The summed E-state index contributed by atoms with van der Waals surface area (Å²) in [6.45, 7) is 17.9. The van der Waals surface area contributed by atoms with Gasteiger partial charge in [0.1, 0.15) is 93.5 Å². The Balaban J connectivity index is 0.000000139. The summed E-state index contributed by atoms with van der Waals surface area (Å²) in [7, 11) is 0. The van der Waals surface area contributed by atoms with Crippen molar-refractivity contribution in [2.45, 2.75) is 122 Å². The summed E-state index contributed by atoms with van der Waals surface area (Å²) < 4.78 is 32.1. The number of nitrogens with one attached hydrogen (secondary N) is 1. The molecule has 12 aromatic rings. The average molecular weight is 1430 g/mol. The van der Waals surface area contributed by atoms with Crippen LogP contribution in [0.1, 0.15) is 80.1 Å². The number of amides is 3. The first-order chi connectivity index (χ1) is 51.2. The third kappa shape index (κ3) is 17.9. The van der Waals surface area contributed by atoms with Gasteiger partial charge in [0.2, 0.25) is 5.91 Å². The summed E-state index contributed by atoms with van der Waals surface area (Å²) in [5.41, 5.74) is 24.2. The number of aliphatic hydroxyl groups is 1. The molecule has 0 spiro atoms. The molecule has 106 heavy (non-hydrogen) atoms. The molecule has 3 saturated heterocycles. The average Bonchev–Trinajstić information content (AvgIpc) is 1.62. The van der Waals surface area contributed by atoms with E-state index in [9.17, 15) is 14.4 Å². The largest absolute Gasteiger partial charge is 0.457 e. The lowest BCUT2D eigenvalue weighted by atomic mass is 10.1. The van der Waals surface area contributed by atoms with Crippen molar-refractivity contribution in [2.75, 3.05) is 43.4 Å². The van der Waals surface area contributed by atoms with Crippen LogP contribution < -0.4 is 31.4 Å². The lowest BCUT2D eigenvalue weighted by Gasteiger charge is -2.28. The van der Waals surface area contributed by atoms with Gasteiger partial charge in [0.15, 0.2) is 16.9 Å². The third-order valence-corrected chi connectivity index (χ3v) is 17.7. The Morgan fingerprint density at radius 2 is 0.840 bits per heavy atom. The Kier molecular flexibility index (Phi) is 22.7. The van der Waals surface area contributed by atoms with Crippen LogP contribution in [0.4, 0.5) is 27.0 Å². The first kappa shape index (κ1) is 73.2. The summed E-state index contributed by atoms with van der Waals surface area (Å²) in [6.07, 6.45) is 10.5. The number of ether oxygens (including phenoxy) is 5. The smallest absolute Gasteiger partial charge is 0.410 e. The molecule has 546 valence electrons. The highest BCUT2D eigenvalue weighted by Gasteiger charge is 2.35. The van der Waals surface area contributed by atoms with Gasteiger partial charge in [-0.15, -0.1) is 0 Å². The van der Waals surface area contributed by atoms with E-state index in [1.807, 2.05) is 220 Å². The highest BCUT2D eigenvalue weighted by molar-refractivity contribution is 6.00. The van der Waals surface area contributed by atoms with Gasteiger partial charge in [-0.2, -0.15) is 15.3 Å². The molecule has 27 nitrogen and oxygen atoms in total. The molecule has 27 heteroatoms. The number of aromatic amines is 1. The Hall–Kier alpha value is -12.5. The predicted molar refractivity (Wildman–Crippen MR) is 405 cm³/mol. The van der Waals surface area contributed by atoms with E-state index in [1.165, 1.54) is 25.1 Å². The maximum atomic E-state index is 12.8. The normalized spacial score (nSPS) is 15.6. The zero-order valence-corrected chi connectivity index (χ0v) is 60.0. The van der Waals surface area contributed by atoms with Crippen molar-refractivity contribution < 1.29 is 43.2 Å². The van der Waals surface area contributed by atoms with E-state index in [2.05, 4.69) is 46.7 Å². The van der Waals surface area contributed by atoms with Crippen molar-refractivity contribution >= 4 is 68.6 Å². The van der Waals surface area contributed by atoms with Crippen LogP contribution in [0, 0.1) is 0 Å². The molecule has 8 N–H and O–H groups in total. The standard InChI is InChI=1S/C27H30N6O3.C25H24N6O2.C17H13N5O.C10H19NO3/c1-27(2,3)36-26(34)32-15-7-8-19(32)16-33-25-22(24(28)29-17-30-25)23(31-33)18-11-13-21(14-12-18)35-20-9-5-4-6-10-20;1-2-21(32)30-14-6-7-18(30)15-31-25-22(24(26)27-16-28-25)23(29-31)17-10-12-20(13-11-17)33-19-8-4-3-5-9-19;18-16-14-15(21-22-17(14)20-10-19-16)11-6-8-13(9-7-11)23-12-4-2-1-3-5-12;1-10(2,3)14-9(13)11-6-4-5-8(11)7-12/h4-6,9-14,17,19H,7-8,15-16H2,1-3H3,(H2,28,29,30);2-5,8-13,16,18H,1,6-7,14-15H2,(H2,26,27,28);1-10H,(H3,18,19,20,21,22);8,12H,4-7H2,1-3H3. The number of rotatable bonds is 15. The van der Waals surface area contributed by atoms with Crippen molar-refractivity contribution in [1.82, 2.24) is 74.4 Å². The van der Waals surface area contributed by atoms with Gasteiger partial charge in [-0.05, 0) is 195 Å². The van der Waals surface area contributed by atoms with Gasteiger partial charge in [-0.3, -0.25) is 9.89 Å². The van der Waals surface area contributed by atoms with Crippen LogP contribution in [0.3, 0.4) is 0 Å². The highest BCUT2D eigenvalue weighted by atomic mass is 16.6. The van der Waals surface area contributed by atoms with Crippen LogP contribution in [-0.4, -0.2) is 153 Å². The molecule has 6 aromatic heterocycles. The zero-order valence-electron chi connectivity index (χ0n) is 60.0. The molecule has 0 aliphatic carbocycles. The first-order valence-corrected chi connectivity index (χ1v) is 35.1. The van der Waals surface area contributed by atoms with Gasteiger partial charge in [0.25, 0.3) is 0 Å². The number of nitrogen functional groups attached to an aromatic ring is 3. The molecular formula is C79H86N18O9. The zero-order chi connectivity index (χ0) is 74.5. The van der Waals surface area contributed by atoms with Gasteiger partial charge >= 0.3 is 12.2 Å². The number of nitrogens with two attached hydrogens (primary N) is 3. The molecular weight excluding hydrogens is 1340 g/mol. The maximum Gasteiger partial charge on any atom is 0.410 e. The molecule has 9 heterocycles. The van der Waals surface area contributed by atoms with E-state index in [0.717, 1.165) is 107 Å². The molecule has 3 aliphatic rings. The predicted octanol–water partition coefficient (Wildman–Crippen LogP) is 14.1. The maximum absolute atomic E-state index is 12.8. The van der Waals surface area contributed by atoms with Gasteiger partial charge in [-0.25, -0.2) is 48.9 Å². The molecule has 3 amide bonds. The van der Waals surface area contributed by atoms with Crippen molar-refractivity contribution in [3.63, 3.8) is 0 Å². The lowest BCUT2D eigenvalue weighted by molar-refractivity contribution is -0.127. The third-order valence-electron chi connectivity index (χ3n) is 17.7. The summed E-state index contributed by atoms with van der Waals surface area (Å²) in [6, 6.07) is 51.9. The van der Waals surface area contributed by atoms with Gasteiger partial charge < -0.3 is 60.7 Å². The Bertz CT molecular complexity index is 4970. The highest BCUT2D eigenvalue weighted by Crippen LogP contribution is 2.37. The number of anilines is 3.